The van der Waals surface area contributed by atoms with Crippen molar-refractivity contribution in [2.45, 2.75) is 58.3 Å². The van der Waals surface area contributed by atoms with Crippen molar-refractivity contribution >= 4 is 21.6 Å². The minimum Gasteiger partial charge on any atom is -0.379 e. The summed E-state index contributed by atoms with van der Waals surface area (Å²) in [6.45, 7) is 10.7. The highest BCUT2D eigenvalue weighted by atomic mass is 79.9. The minimum atomic E-state index is -0.139. The fraction of sp³-hybridized carbons (Fsp3) is 0.600. The standard InChI is InChI=1S/C15H22BrNO/c1-10-6-11(16)8-12(7-10)17-13-9-14(2,3)18-15(13,4)5/h6-8,13,17H,9H2,1-5H3. The van der Waals surface area contributed by atoms with Crippen molar-refractivity contribution in [2.24, 2.45) is 0 Å². The summed E-state index contributed by atoms with van der Waals surface area (Å²) < 4.78 is 7.22. The molecule has 2 nitrogen and oxygen atoms in total. The first-order valence-corrected chi connectivity index (χ1v) is 7.21. The second-order valence-corrected chi connectivity index (χ2v) is 7.30. The molecule has 0 bridgehead atoms. The molecule has 1 aliphatic heterocycles. The molecule has 1 atom stereocenters. The zero-order chi connectivity index (χ0) is 13.6. The summed E-state index contributed by atoms with van der Waals surface area (Å²) >= 11 is 3.54. The molecular weight excluding hydrogens is 290 g/mol. The lowest BCUT2D eigenvalue weighted by Gasteiger charge is -2.28. The van der Waals surface area contributed by atoms with Crippen LogP contribution in [0.5, 0.6) is 0 Å². The first kappa shape index (κ1) is 13.9. The van der Waals surface area contributed by atoms with Gasteiger partial charge >= 0.3 is 0 Å². The van der Waals surface area contributed by atoms with E-state index in [1.807, 2.05) is 0 Å². The molecule has 0 amide bonds. The van der Waals surface area contributed by atoms with Gasteiger partial charge in [0.05, 0.1) is 17.2 Å². The molecule has 0 saturated carbocycles. The monoisotopic (exact) mass is 311 g/mol. The maximum Gasteiger partial charge on any atom is 0.0834 e. The van der Waals surface area contributed by atoms with Gasteiger partial charge in [0.2, 0.25) is 0 Å². The van der Waals surface area contributed by atoms with Crippen LogP contribution in [0.2, 0.25) is 0 Å². The van der Waals surface area contributed by atoms with E-state index in [1.54, 1.807) is 0 Å². The van der Waals surface area contributed by atoms with E-state index in [0.29, 0.717) is 6.04 Å². The molecule has 1 fully saturated rings. The number of rotatable bonds is 2. The summed E-state index contributed by atoms with van der Waals surface area (Å²) in [7, 11) is 0. The lowest BCUT2D eigenvalue weighted by molar-refractivity contribution is -0.0662. The summed E-state index contributed by atoms with van der Waals surface area (Å²) in [5, 5.41) is 3.61. The van der Waals surface area contributed by atoms with Crippen LogP contribution < -0.4 is 5.32 Å². The van der Waals surface area contributed by atoms with Crippen molar-refractivity contribution in [3.05, 3.63) is 28.2 Å². The van der Waals surface area contributed by atoms with E-state index in [-0.39, 0.29) is 11.2 Å². The third-order valence-electron chi connectivity index (χ3n) is 3.46. The van der Waals surface area contributed by atoms with Crippen LogP contribution >= 0.6 is 15.9 Å². The number of aryl methyl sites for hydroxylation is 1. The van der Waals surface area contributed by atoms with Crippen LogP contribution in [0.4, 0.5) is 5.69 Å². The SMILES string of the molecule is Cc1cc(Br)cc(NC2CC(C)(C)OC2(C)C)c1. The predicted molar refractivity (Wildman–Crippen MR) is 80.1 cm³/mol. The molecule has 1 aromatic rings. The van der Waals surface area contributed by atoms with Crippen LogP contribution in [-0.4, -0.2) is 17.2 Å². The molecule has 2 rings (SSSR count). The number of anilines is 1. The predicted octanol–water partition coefficient (Wildman–Crippen LogP) is 4.52. The molecular formula is C15H22BrNO. The number of ether oxygens (including phenoxy) is 1. The average Bonchev–Trinajstić information content (AvgIpc) is 2.31. The Morgan fingerprint density at radius 1 is 1.22 bits per heavy atom. The van der Waals surface area contributed by atoms with E-state index in [2.05, 4.69) is 74.1 Å². The molecule has 1 aliphatic rings. The molecule has 1 aromatic carbocycles. The van der Waals surface area contributed by atoms with Crippen molar-refractivity contribution in [3.8, 4) is 0 Å². The molecule has 0 spiro atoms. The summed E-state index contributed by atoms with van der Waals surface area (Å²) in [4.78, 5) is 0. The van der Waals surface area contributed by atoms with E-state index in [0.717, 1.165) is 16.6 Å². The molecule has 1 unspecified atom stereocenters. The van der Waals surface area contributed by atoms with Gasteiger partial charge in [-0.1, -0.05) is 15.9 Å². The quantitative estimate of drug-likeness (QED) is 0.867. The fourth-order valence-corrected chi connectivity index (χ4v) is 3.42. The normalized spacial score (nSPS) is 25.1. The number of hydrogen-bond acceptors (Lipinski definition) is 2. The molecule has 3 heteroatoms. The van der Waals surface area contributed by atoms with E-state index in [4.69, 9.17) is 4.74 Å². The number of benzene rings is 1. The topological polar surface area (TPSA) is 21.3 Å². The van der Waals surface area contributed by atoms with Gasteiger partial charge in [-0.05, 0) is 64.8 Å². The van der Waals surface area contributed by atoms with E-state index in [9.17, 15) is 0 Å². The Morgan fingerprint density at radius 2 is 1.89 bits per heavy atom. The Balaban J connectivity index is 2.19. The zero-order valence-corrected chi connectivity index (χ0v) is 13.4. The van der Waals surface area contributed by atoms with Crippen molar-refractivity contribution in [2.75, 3.05) is 5.32 Å². The second kappa shape index (κ2) is 4.53. The van der Waals surface area contributed by atoms with Crippen LogP contribution in [-0.2, 0) is 4.74 Å². The average molecular weight is 312 g/mol. The van der Waals surface area contributed by atoms with Crippen LogP contribution in [0.1, 0.15) is 39.7 Å². The first-order valence-electron chi connectivity index (χ1n) is 6.42. The summed E-state index contributed by atoms with van der Waals surface area (Å²) in [6, 6.07) is 6.74. The van der Waals surface area contributed by atoms with Crippen LogP contribution in [0.15, 0.2) is 22.7 Å². The Morgan fingerprint density at radius 3 is 2.39 bits per heavy atom. The molecule has 100 valence electrons. The van der Waals surface area contributed by atoms with Gasteiger partial charge in [-0.3, -0.25) is 0 Å². The van der Waals surface area contributed by atoms with Gasteiger partial charge in [0.15, 0.2) is 0 Å². The van der Waals surface area contributed by atoms with Crippen LogP contribution in [0.3, 0.4) is 0 Å². The van der Waals surface area contributed by atoms with Crippen molar-refractivity contribution in [1.29, 1.82) is 0 Å². The molecule has 0 aromatic heterocycles. The lowest BCUT2D eigenvalue weighted by Crippen LogP contribution is -2.38. The highest BCUT2D eigenvalue weighted by Gasteiger charge is 2.45. The largest absolute Gasteiger partial charge is 0.379 e. The third kappa shape index (κ3) is 3.07. The van der Waals surface area contributed by atoms with Crippen molar-refractivity contribution < 1.29 is 4.74 Å². The third-order valence-corrected chi connectivity index (χ3v) is 3.92. The van der Waals surface area contributed by atoms with E-state index in [1.165, 1.54) is 5.56 Å². The molecule has 0 aliphatic carbocycles. The number of halogens is 1. The fourth-order valence-electron chi connectivity index (χ4n) is 2.81. The highest BCUT2D eigenvalue weighted by Crippen LogP contribution is 2.39. The van der Waals surface area contributed by atoms with Gasteiger partial charge < -0.3 is 10.1 Å². The van der Waals surface area contributed by atoms with Crippen molar-refractivity contribution in [3.63, 3.8) is 0 Å². The molecule has 0 radical (unpaired) electrons. The smallest absolute Gasteiger partial charge is 0.0834 e. The van der Waals surface area contributed by atoms with Crippen molar-refractivity contribution in [1.82, 2.24) is 0 Å². The Bertz CT molecular complexity index is 434. The Kier molecular flexibility index (Phi) is 3.50. The van der Waals surface area contributed by atoms with Gasteiger partial charge in [0, 0.05) is 10.2 Å². The molecule has 1 heterocycles. The number of hydrogen-bond donors (Lipinski definition) is 1. The molecule has 1 saturated heterocycles. The van der Waals surface area contributed by atoms with Gasteiger partial charge in [-0.15, -0.1) is 0 Å². The maximum absolute atomic E-state index is 6.11. The van der Waals surface area contributed by atoms with Crippen LogP contribution in [0.25, 0.3) is 0 Å². The first-order chi connectivity index (χ1) is 8.18. The maximum atomic E-state index is 6.11. The Labute approximate surface area is 118 Å². The van der Waals surface area contributed by atoms with Gasteiger partial charge in [0.25, 0.3) is 0 Å². The summed E-state index contributed by atoms with van der Waals surface area (Å²) in [5.74, 6) is 0. The van der Waals surface area contributed by atoms with Gasteiger partial charge in [0.1, 0.15) is 0 Å². The summed E-state index contributed by atoms with van der Waals surface area (Å²) in [5.41, 5.74) is 2.21. The Hall–Kier alpha value is -0.540. The van der Waals surface area contributed by atoms with E-state index < -0.39 is 0 Å². The van der Waals surface area contributed by atoms with Crippen LogP contribution in [0, 0.1) is 6.92 Å². The molecule has 1 N–H and O–H groups in total. The summed E-state index contributed by atoms with van der Waals surface area (Å²) in [6.07, 6.45) is 1.02. The highest BCUT2D eigenvalue weighted by molar-refractivity contribution is 9.10. The minimum absolute atomic E-state index is 0.0533. The zero-order valence-electron chi connectivity index (χ0n) is 11.8. The van der Waals surface area contributed by atoms with Gasteiger partial charge in [-0.2, -0.15) is 0 Å². The number of nitrogens with one attached hydrogen (secondary N) is 1. The second-order valence-electron chi connectivity index (χ2n) is 6.38. The molecule has 18 heavy (non-hydrogen) atoms. The lowest BCUT2D eigenvalue weighted by atomic mass is 9.94. The van der Waals surface area contributed by atoms with E-state index >= 15 is 0 Å². The van der Waals surface area contributed by atoms with Gasteiger partial charge in [-0.25, -0.2) is 0 Å².